The van der Waals surface area contributed by atoms with Crippen molar-refractivity contribution in [3.05, 3.63) is 66.5 Å². The van der Waals surface area contributed by atoms with Gasteiger partial charge in [0.25, 0.3) is 0 Å². The molecule has 0 radical (unpaired) electrons. The van der Waals surface area contributed by atoms with Crippen molar-refractivity contribution in [1.29, 1.82) is 0 Å². The molecule has 3 N–H and O–H groups in total. The summed E-state index contributed by atoms with van der Waals surface area (Å²) in [5.74, 6) is -1.46. The number of halogens is 2. The lowest BCUT2D eigenvalue weighted by atomic mass is 10.0. The van der Waals surface area contributed by atoms with Crippen molar-refractivity contribution >= 4 is 38.1 Å². The molecule has 0 aliphatic carbocycles. The first-order valence-electron chi connectivity index (χ1n) is 9.50. The first-order valence-corrected chi connectivity index (χ1v) is 11.4. The van der Waals surface area contributed by atoms with E-state index in [9.17, 15) is 22.3 Å². The van der Waals surface area contributed by atoms with Gasteiger partial charge in [0.15, 0.2) is 11.5 Å². The average Bonchev–Trinajstić information content (AvgIpc) is 2.76. The van der Waals surface area contributed by atoms with Crippen LogP contribution in [0.5, 0.6) is 11.5 Å². The van der Waals surface area contributed by atoms with Crippen molar-refractivity contribution in [1.82, 2.24) is 9.97 Å². The molecule has 1 heterocycles. The maximum absolute atomic E-state index is 14.5. The van der Waals surface area contributed by atoms with E-state index in [0.717, 1.165) is 23.4 Å². The largest absolute Gasteiger partial charge is 0.504 e. The number of benzene rings is 3. The molecule has 0 atom stereocenters. The summed E-state index contributed by atoms with van der Waals surface area (Å²) in [5, 5.41) is 13.2. The Bertz CT molecular complexity index is 1480. The van der Waals surface area contributed by atoms with Gasteiger partial charge in [-0.1, -0.05) is 12.1 Å². The molecule has 33 heavy (non-hydrogen) atoms. The third-order valence-electron chi connectivity index (χ3n) is 4.75. The summed E-state index contributed by atoms with van der Waals surface area (Å²) < 4.78 is 58.6. The van der Waals surface area contributed by atoms with Crippen LogP contribution in [0, 0.1) is 11.6 Å². The van der Waals surface area contributed by atoms with E-state index >= 15 is 0 Å². The Morgan fingerprint density at radius 2 is 1.64 bits per heavy atom. The Morgan fingerprint density at radius 3 is 2.36 bits per heavy atom. The molecule has 3 aromatic carbocycles. The van der Waals surface area contributed by atoms with Crippen molar-refractivity contribution in [3.8, 4) is 22.6 Å². The average molecular weight is 472 g/mol. The standard InChI is InChI=1S/C22H18F2N4O4S/c1-32-21-8-13(4-6-20(21)29)12-3-5-17-14(7-12)22(26-11-25-17)27-18-10-19(28-33(2,30)31)16(24)9-15(18)23/h3-11,28-29H,1-2H3,(H,25,26,27). The molecule has 0 aliphatic rings. The molecule has 0 amide bonds. The van der Waals surface area contributed by atoms with E-state index < -0.39 is 27.3 Å². The van der Waals surface area contributed by atoms with Gasteiger partial charge in [-0.15, -0.1) is 0 Å². The Labute approximate surface area is 187 Å². The summed E-state index contributed by atoms with van der Waals surface area (Å²) in [4.78, 5) is 8.37. The van der Waals surface area contributed by atoms with Gasteiger partial charge in [-0.2, -0.15) is 0 Å². The fourth-order valence-electron chi connectivity index (χ4n) is 3.24. The molecule has 0 unspecified atom stereocenters. The molecule has 0 fully saturated rings. The number of aromatic nitrogens is 2. The summed E-state index contributed by atoms with van der Waals surface area (Å²) in [6, 6.07) is 11.8. The third-order valence-corrected chi connectivity index (χ3v) is 5.34. The molecular weight excluding hydrogens is 454 g/mol. The van der Waals surface area contributed by atoms with Gasteiger partial charge in [0, 0.05) is 11.5 Å². The van der Waals surface area contributed by atoms with E-state index in [1.807, 2.05) is 10.8 Å². The first kappa shape index (κ1) is 22.2. The van der Waals surface area contributed by atoms with Crippen LogP contribution >= 0.6 is 0 Å². The minimum absolute atomic E-state index is 0.00183. The highest BCUT2D eigenvalue weighted by atomic mass is 32.2. The zero-order chi connectivity index (χ0) is 23.8. The number of hydrogen-bond acceptors (Lipinski definition) is 7. The fourth-order valence-corrected chi connectivity index (χ4v) is 3.80. The number of methoxy groups -OCH3 is 1. The van der Waals surface area contributed by atoms with Crippen LogP contribution in [-0.4, -0.2) is 36.9 Å². The monoisotopic (exact) mass is 472 g/mol. The van der Waals surface area contributed by atoms with Crippen LogP contribution < -0.4 is 14.8 Å². The normalized spacial score (nSPS) is 11.4. The second-order valence-corrected chi connectivity index (χ2v) is 8.90. The summed E-state index contributed by atoms with van der Waals surface area (Å²) in [6.07, 6.45) is 2.14. The Balaban J connectivity index is 1.78. The molecule has 0 aliphatic heterocycles. The van der Waals surface area contributed by atoms with Crippen molar-refractivity contribution in [3.63, 3.8) is 0 Å². The van der Waals surface area contributed by atoms with Gasteiger partial charge in [-0.25, -0.2) is 27.2 Å². The van der Waals surface area contributed by atoms with E-state index in [0.29, 0.717) is 22.7 Å². The highest BCUT2D eigenvalue weighted by Crippen LogP contribution is 2.34. The van der Waals surface area contributed by atoms with Crippen molar-refractivity contribution < 1.29 is 27.0 Å². The fraction of sp³-hybridized carbons (Fsp3) is 0.0909. The first-order chi connectivity index (χ1) is 15.6. The van der Waals surface area contributed by atoms with Gasteiger partial charge in [0.2, 0.25) is 10.0 Å². The van der Waals surface area contributed by atoms with Crippen LogP contribution in [0.2, 0.25) is 0 Å². The Morgan fingerprint density at radius 1 is 0.939 bits per heavy atom. The maximum atomic E-state index is 14.5. The van der Waals surface area contributed by atoms with Gasteiger partial charge < -0.3 is 15.2 Å². The molecule has 1 aromatic heterocycles. The number of anilines is 3. The second-order valence-electron chi connectivity index (χ2n) is 7.15. The molecule has 0 saturated carbocycles. The summed E-state index contributed by atoms with van der Waals surface area (Å²) >= 11 is 0. The highest BCUT2D eigenvalue weighted by Gasteiger charge is 2.15. The van der Waals surface area contributed by atoms with E-state index in [2.05, 4.69) is 15.3 Å². The Kier molecular flexibility index (Phi) is 5.73. The number of ether oxygens (including phenoxy) is 1. The number of sulfonamides is 1. The molecule has 11 heteroatoms. The van der Waals surface area contributed by atoms with Crippen LogP contribution in [0.1, 0.15) is 0 Å². The van der Waals surface area contributed by atoms with Crippen LogP contribution in [-0.2, 0) is 10.0 Å². The zero-order valence-corrected chi connectivity index (χ0v) is 18.2. The van der Waals surface area contributed by atoms with Crippen LogP contribution in [0.25, 0.3) is 22.0 Å². The van der Waals surface area contributed by atoms with Crippen LogP contribution in [0.4, 0.5) is 26.0 Å². The van der Waals surface area contributed by atoms with Crippen LogP contribution in [0.3, 0.4) is 0 Å². The summed E-state index contributed by atoms with van der Waals surface area (Å²) in [7, 11) is -2.33. The molecule has 8 nitrogen and oxygen atoms in total. The quantitative estimate of drug-likeness (QED) is 0.381. The number of phenolic OH excluding ortho intramolecular Hbond substituents is 1. The zero-order valence-electron chi connectivity index (χ0n) is 17.4. The van der Waals surface area contributed by atoms with Gasteiger partial charge in [0.05, 0.1) is 30.3 Å². The number of nitrogens with one attached hydrogen (secondary N) is 2. The smallest absolute Gasteiger partial charge is 0.229 e. The number of aromatic hydroxyl groups is 1. The van der Waals surface area contributed by atoms with Crippen molar-refractivity contribution in [2.75, 3.05) is 23.4 Å². The Hall–Kier alpha value is -3.99. The van der Waals surface area contributed by atoms with E-state index in [4.69, 9.17) is 4.74 Å². The van der Waals surface area contributed by atoms with Crippen molar-refractivity contribution in [2.24, 2.45) is 0 Å². The van der Waals surface area contributed by atoms with Crippen LogP contribution in [0.15, 0.2) is 54.9 Å². The summed E-state index contributed by atoms with van der Waals surface area (Å²) in [6.45, 7) is 0. The SMILES string of the molecule is COc1cc(-c2ccc3ncnc(Nc4cc(NS(C)(=O)=O)c(F)cc4F)c3c2)ccc1O. The third kappa shape index (κ3) is 4.77. The van der Waals surface area contributed by atoms with Gasteiger partial charge >= 0.3 is 0 Å². The molecule has 0 bridgehead atoms. The predicted molar refractivity (Wildman–Crippen MR) is 121 cm³/mol. The predicted octanol–water partition coefficient (Wildman–Crippen LogP) is 4.40. The lowest BCUT2D eigenvalue weighted by molar-refractivity contribution is 0.373. The number of fused-ring (bicyclic) bond motifs is 1. The number of rotatable bonds is 6. The van der Waals surface area contributed by atoms with E-state index in [1.165, 1.54) is 19.5 Å². The molecule has 0 spiro atoms. The van der Waals surface area contributed by atoms with Crippen molar-refractivity contribution in [2.45, 2.75) is 0 Å². The lowest BCUT2D eigenvalue weighted by Gasteiger charge is -2.13. The molecule has 170 valence electrons. The molecule has 4 aromatic rings. The minimum Gasteiger partial charge on any atom is -0.504 e. The summed E-state index contributed by atoms with van der Waals surface area (Å²) in [5.41, 5.74) is 1.46. The van der Waals surface area contributed by atoms with Gasteiger partial charge in [-0.3, -0.25) is 4.72 Å². The van der Waals surface area contributed by atoms with Gasteiger partial charge in [0.1, 0.15) is 23.8 Å². The highest BCUT2D eigenvalue weighted by molar-refractivity contribution is 7.92. The lowest BCUT2D eigenvalue weighted by Crippen LogP contribution is -2.11. The number of hydrogen-bond donors (Lipinski definition) is 3. The number of nitrogens with zero attached hydrogens (tertiary/aromatic N) is 2. The second kappa shape index (κ2) is 8.51. The van der Waals surface area contributed by atoms with Gasteiger partial charge in [-0.05, 0) is 41.5 Å². The topological polar surface area (TPSA) is 113 Å². The molecule has 4 rings (SSSR count). The van der Waals surface area contributed by atoms with E-state index in [-0.39, 0.29) is 17.3 Å². The molecular formula is C22H18F2N4O4S. The molecule has 0 saturated heterocycles. The number of phenols is 1. The van der Waals surface area contributed by atoms with E-state index in [1.54, 1.807) is 24.3 Å². The minimum atomic E-state index is -3.78. The maximum Gasteiger partial charge on any atom is 0.229 e.